The average molecular weight is 115 g/mol. The van der Waals surface area contributed by atoms with Gasteiger partial charge in [0.25, 0.3) is 0 Å². The molecule has 0 aliphatic heterocycles. The zero-order valence-corrected chi connectivity index (χ0v) is 5.31. The number of methoxy groups -OCH3 is 1. The fourth-order valence-electron chi connectivity index (χ4n) is 0.487. The lowest BCUT2D eigenvalue weighted by atomic mass is 10.2. The topological polar surface area (TPSA) is 26.3 Å². The van der Waals surface area contributed by atoms with Gasteiger partial charge in [-0.15, -0.1) is 0 Å². The Bertz CT molecular complexity index is 61.5. The van der Waals surface area contributed by atoms with Gasteiger partial charge in [0.05, 0.1) is 0 Å². The maximum absolute atomic E-state index is 9.88. The van der Waals surface area contributed by atoms with Crippen LogP contribution in [-0.4, -0.2) is 19.5 Å². The second-order valence-electron chi connectivity index (χ2n) is 1.63. The monoisotopic (exact) mass is 115 g/mol. The Kier molecular flexibility index (Phi) is 4.56. The molecule has 0 fully saturated rings. The third-order valence-electron chi connectivity index (χ3n) is 0.967. The van der Waals surface area contributed by atoms with Gasteiger partial charge in [-0.2, -0.15) is 0 Å². The van der Waals surface area contributed by atoms with Gasteiger partial charge in [-0.1, -0.05) is 13.3 Å². The molecule has 1 radical (unpaired) electrons. The predicted octanol–water partition coefficient (Wildman–Crippen LogP) is 0.911. The molecule has 0 bridgehead atoms. The molecule has 0 aromatic carbocycles. The summed E-state index contributed by atoms with van der Waals surface area (Å²) in [7, 11) is 1.52. The minimum absolute atomic E-state index is 0.306. The van der Waals surface area contributed by atoms with Crippen molar-refractivity contribution in [3.8, 4) is 0 Å². The van der Waals surface area contributed by atoms with E-state index in [2.05, 4.69) is 0 Å². The minimum atomic E-state index is -0.306. The molecule has 2 heteroatoms. The van der Waals surface area contributed by atoms with Gasteiger partial charge >= 0.3 is 0 Å². The first kappa shape index (κ1) is 7.63. The van der Waals surface area contributed by atoms with Gasteiger partial charge in [0.1, 0.15) is 6.10 Å². The second kappa shape index (κ2) is 4.78. The molecule has 0 aromatic rings. The van der Waals surface area contributed by atoms with Gasteiger partial charge in [-0.3, -0.25) is 4.79 Å². The normalized spacial score (nSPS) is 13.2. The second-order valence-corrected chi connectivity index (χ2v) is 1.63. The molecule has 8 heavy (non-hydrogen) atoms. The van der Waals surface area contributed by atoms with Gasteiger partial charge < -0.3 is 4.74 Å². The number of rotatable bonds is 4. The van der Waals surface area contributed by atoms with Crippen LogP contribution in [0.1, 0.15) is 19.8 Å². The molecule has 47 valence electrons. The van der Waals surface area contributed by atoms with Crippen molar-refractivity contribution in [1.29, 1.82) is 0 Å². The van der Waals surface area contributed by atoms with Crippen molar-refractivity contribution in [2.75, 3.05) is 7.11 Å². The summed E-state index contributed by atoms with van der Waals surface area (Å²) in [6, 6.07) is 0. The number of ether oxygens (including phenoxy) is 1. The van der Waals surface area contributed by atoms with Crippen molar-refractivity contribution in [3.63, 3.8) is 0 Å². The van der Waals surface area contributed by atoms with E-state index < -0.39 is 0 Å². The van der Waals surface area contributed by atoms with Gasteiger partial charge in [-0.25, -0.2) is 0 Å². The van der Waals surface area contributed by atoms with Crippen LogP contribution in [0.5, 0.6) is 0 Å². The van der Waals surface area contributed by atoms with Crippen molar-refractivity contribution in [2.45, 2.75) is 25.9 Å². The minimum Gasteiger partial charge on any atom is -0.373 e. The van der Waals surface area contributed by atoms with Crippen LogP contribution in [0.4, 0.5) is 0 Å². The van der Waals surface area contributed by atoms with Crippen molar-refractivity contribution in [2.24, 2.45) is 0 Å². The Morgan fingerprint density at radius 3 is 2.50 bits per heavy atom. The van der Waals surface area contributed by atoms with Crippen LogP contribution < -0.4 is 0 Å². The van der Waals surface area contributed by atoms with Gasteiger partial charge in [0.2, 0.25) is 6.29 Å². The number of hydrogen-bond donors (Lipinski definition) is 0. The van der Waals surface area contributed by atoms with E-state index in [-0.39, 0.29) is 6.10 Å². The molecule has 2 nitrogen and oxygen atoms in total. The zero-order valence-electron chi connectivity index (χ0n) is 5.31. The van der Waals surface area contributed by atoms with Crippen LogP contribution in [0.3, 0.4) is 0 Å². The third-order valence-corrected chi connectivity index (χ3v) is 0.967. The van der Waals surface area contributed by atoms with Crippen molar-refractivity contribution in [1.82, 2.24) is 0 Å². The molecular formula is C6H11O2. The van der Waals surface area contributed by atoms with Gasteiger partial charge in [-0.05, 0) is 6.42 Å². The van der Waals surface area contributed by atoms with E-state index >= 15 is 0 Å². The first-order valence-corrected chi connectivity index (χ1v) is 2.75. The largest absolute Gasteiger partial charge is 0.373 e. The standard InChI is InChI=1S/C6H11O2/c1-3-4-6(5-7)8-2/h6H,3-4H2,1-2H3. The lowest BCUT2D eigenvalue weighted by Crippen LogP contribution is -2.10. The quantitative estimate of drug-likeness (QED) is 0.544. The highest BCUT2D eigenvalue weighted by Gasteiger charge is 2.01. The number of carbonyl (C=O) groups excluding carboxylic acids is 1. The Hall–Kier alpha value is -0.370. The first-order valence-electron chi connectivity index (χ1n) is 2.75. The Morgan fingerprint density at radius 2 is 2.38 bits per heavy atom. The van der Waals surface area contributed by atoms with E-state index in [1.807, 2.05) is 6.92 Å². The molecule has 0 aromatic heterocycles. The number of hydrogen-bond acceptors (Lipinski definition) is 2. The summed E-state index contributed by atoms with van der Waals surface area (Å²) in [6.07, 6.45) is 3.22. The Balaban J connectivity index is 3.21. The van der Waals surface area contributed by atoms with Crippen LogP contribution >= 0.6 is 0 Å². The fraction of sp³-hybridized carbons (Fsp3) is 0.833. The van der Waals surface area contributed by atoms with Crippen LogP contribution in [0, 0.1) is 0 Å². The van der Waals surface area contributed by atoms with Crippen molar-refractivity contribution >= 4 is 6.29 Å². The van der Waals surface area contributed by atoms with Crippen molar-refractivity contribution in [3.05, 3.63) is 0 Å². The molecule has 0 spiro atoms. The molecule has 0 saturated carbocycles. The van der Waals surface area contributed by atoms with Gasteiger partial charge in [0.15, 0.2) is 0 Å². The molecule has 0 saturated heterocycles. The molecule has 0 aliphatic carbocycles. The zero-order chi connectivity index (χ0) is 6.41. The van der Waals surface area contributed by atoms with E-state index in [4.69, 9.17) is 4.74 Å². The highest BCUT2D eigenvalue weighted by Crippen LogP contribution is 1.95. The molecule has 1 atom stereocenters. The Morgan fingerprint density at radius 1 is 1.75 bits per heavy atom. The first-order chi connectivity index (χ1) is 3.85. The van der Waals surface area contributed by atoms with E-state index in [1.165, 1.54) is 7.11 Å². The fourth-order valence-corrected chi connectivity index (χ4v) is 0.487. The Labute approximate surface area is 49.8 Å². The van der Waals surface area contributed by atoms with E-state index in [0.29, 0.717) is 0 Å². The summed E-state index contributed by atoms with van der Waals surface area (Å²) >= 11 is 0. The lowest BCUT2D eigenvalue weighted by molar-refractivity contribution is 0.144. The third kappa shape index (κ3) is 2.75. The molecule has 0 amide bonds. The van der Waals surface area contributed by atoms with Crippen molar-refractivity contribution < 1.29 is 9.53 Å². The summed E-state index contributed by atoms with van der Waals surface area (Å²) in [5.41, 5.74) is 0. The van der Waals surface area contributed by atoms with E-state index in [0.717, 1.165) is 12.8 Å². The maximum atomic E-state index is 9.88. The van der Waals surface area contributed by atoms with Crippen LogP contribution in [0.25, 0.3) is 0 Å². The van der Waals surface area contributed by atoms with E-state index in [9.17, 15) is 4.79 Å². The average Bonchev–Trinajstić information content (AvgIpc) is 1.83. The summed E-state index contributed by atoms with van der Waals surface area (Å²) in [6.45, 7) is 2.00. The lowest BCUT2D eigenvalue weighted by Gasteiger charge is -2.02. The summed E-state index contributed by atoms with van der Waals surface area (Å²) in [4.78, 5) is 9.88. The molecular weight excluding hydrogens is 104 g/mol. The van der Waals surface area contributed by atoms with E-state index in [1.54, 1.807) is 6.29 Å². The predicted molar refractivity (Wildman–Crippen MR) is 31.4 cm³/mol. The smallest absolute Gasteiger partial charge is 0.229 e. The SMILES string of the molecule is CCCC([C]=O)OC. The van der Waals surface area contributed by atoms with Crippen LogP contribution in [-0.2, 0) is 9.53 Å². The van der Waals surface area contributed by atoms with Crippen LogP contribution in [0.2, 0.25) is 0 Å². The van der Waals surface area contributed by atoms with Crippen LogP contribution in [0.15, 0.2) is 0 Å². The molecule has 1 unspecified atom stereocenters. The maximum Gasteiger partial charge on any atom is 0.229 e. The molecule has 0 N–H and O–H groups in total. The molecule has 0 heterocycles. The highest BCUT2D eigenvalue weighted by molar-refractivity contribution is 5.56. The summed E-state index contributed by atoms with van der Waals surface area (Å²) < 4.78 is 4.72. The summed E-state index contributed by atoms with van der Waals surface area (Å²) in [5, 5.41) is 0. The highest BCUT2D eigenvalue weighted by atomic mass is 16.5. The van der Waals surface area contributed by atoms with Gasteiger partial charge in [0, 0.05) is 7.11 Å². The molecule has 0 rings (SSSR count). The molecule has 0 aliphatic rings. The summed E-state index contributed by atoms with van der Waals surface area (Å²) in [5.74, 6) is 0.